The van der Waals surface area contributed by atoms with E-state index in [1.54, 1.807) is 11.0 Å². The topological polar surface area (TPSA) is 69.9 Å². The number of amides is 1. The summed E-state index contributed by atoms with van der Waals surface area (Å²) in [7, 11) is 0. The molecule has 0 saturated carbocycles. The molecule has 28 heavy (non-hydrogen) atoms. The van der Waals surface area contributed by atoms with Crippen LogP contribution in [-0.4, -0.2) is 15.9 Å². The lowest BCUT2D eigenvalue weighted by atomic mass is 10.2. The molecule has 0 aliphatic carbocycles. The van der Waals surface area contributed by atoms with Crippen LogP contribution < -0.4 is 4.90 Å². The molecule has 4 rings (SSSR count). The number of rotatable bonds is 4. The molecule has 0 saturated heterocycles. The van der Waals surface area contributed by atoms with Crippen molar-refractivity contribution in [1.82, 2.24) is 9.97 Å². The van der Waals surface area contributed by atoms with E-state index in [1.165, 1.54) is 29.6 Å². The van der Waals surface area contributed by atoms with Gasteiger partial charge in [-0.05, 0) is 30.3 Å². The zero-order valence-corrected chi connectivity index (χ0v) is 16.5. The van der Waals surface area contributed by atoms with Crippen LogP contribution in [0.3, 0.4) is 0 Å². The summed E-state index contributed by atoms with van der Waals surface area (Å²) in [4.78, 5) is 22.8. The van der Waals surface area contributed by atoms with Crippen molar-refractivity contribution in [3.8, 4) is 6.07 Å². The van der Waals surface area contributed by atoms with Crippen LogP contribution in [0.25, 0.3) is 21.9 Å². The van der Waals surface area contributed by atoms with Crippen LogP contribution in [-0.2, 0) is 4.79 Å². The normalized spacial score (nSPS) is 11.4. The van der Waals surface area contributed by atoms with Crippen molar-refractivity contribution in [2.45, 2.75) is 6.92 Å². The number of aromatic nitrogens is 2. The number of thiazole rings is 2. The molecule has 0 aliphatic heterocycles. The number of fused-ring (bicyclic) bond motifs is 1. The zero-order valence-electron chi connectivity index (χ0n) is 14.9. The molecule has 5 nitrogen and oxygen atoms in total. The Morgan fingerprint density at radius 2 is 1.86 bits per heavy atom. The molecule has 0 atom stereocenters. The van der Waals surface area contributed by atoms with Gasteiger partial charge in [0.1, 0.15) is 11.1 Å². The van der Waals surface area contributed by atoms with Gasteiger partial charge in [-0.1, -0.05) is 30.3 Å². The van der Waals surface area contributed by atoms with E-state index < -0.39 is 0 Å². The average Bonchev–Trinajstić information content (AvgIpc) is 3.33. The third-order valence-electron chi connectivity index (χ3n) is 3.97. The summed E-state index contributed by atoms with van der Waals surface area (Å²) in [5.74, 6) is -0.122. The fraction of sp³-hybridized carbons (Fsp3) is 0.0476. The third kappa shape index (κ3) is 3.56. The van der Waals surface area contributed by atoms with Crippen molar-refractivity contribution in [1.29, 1.82) is 5.26 Å². The van der Waals surface area contributed by atoms with Crippen LogP contribution in [0.4, 0.5) is 10.8 Å². The minimum Gasteiger partial charge on any atom is -0.274 e. The molecule has 0 aliphatic rings. The van der Waals surface area contributed by atoms with Crippen molar-refractivity contribution in [2.24, 2.45) is 0 Å². The van der Waals surface area contributed by atoms with Gasteiger partial charge in [-0.15, -0.1) is 22.7 Å². The van der Waals surface area contributed by atoms with Gasteiger partial charge >= 0.3 is 0 Å². The summed E-state index contributed by atoms with van der Waals surface area (Å²) >= 11 is 2.83. The minimum absolute atomic E-state index is 0.122. The quantitative estimate of drug-likeness (QED) is 0.423. The molecule has 0 fully saturated rings. The fourth-order valence-electron chi connectivity index (χ4n) is 2.73. The Labute approximate surface area is 169 Å². The maximum absolute atomic E-state index is 12.2. The van der Waals surface area contributed by atoms with Crippen molar-refractivity contribution in [2.75, 3.05) is 4.90 Å². The van der Waals surface area contributed by atoms with Gasteiger partial charge in [0.15, 0.2) is 5.13 Å². The number of hydrogen-bond acceptors (Lipinski definition) is 6. The van der Waals surface area contributed by atoms with Gasteiger partial charge < -0.3 is 0 Å². The average molecular weight is 403 g/mol. The second-order valence-electron chi connectivity index (χ2n) is 5.90. The molecule has 2 aromatic carbocycles. The fourth-order valence-corrected chi connectivity index (χ4v) is 4.50. The van der Waals surface area contributed by atoms with Gasteiger partial charge in [0.05, 0.1) is 27.2 Å². The highest BCUT2D eigenvalue weighted by Gasteiger charge is 2.18. The highest BCUT2D eigenvalue weighted by atomic mass is 32.1. The zero-order chi connectivity index (χ0) is 19.5. The molecule has 136 valence electrons. The summed E-state index contributed by atoms with van der Waals surface area (Å²) in [5.41, 5.74) is 2.70. The predicted molar refractivity (Wildman–Crippen MR) is 114 cm³/mol. The van der Waals surface area contributed by atoms with Crippen LogP contribution in [0, 0.1) is 11.3 Å². The Balaban J connectivity index is 1.69. The van der Waals surface area contributed by atoms with Crippen LogP contribution in [0.2, 0.25) is 0 Å². The summed E-state index contributed by atoms with van der Waals surface area (Å²) in [6, 6.07) is 19.4. The first-order valence-electron chi connectivity index (χ1n) is 8.45. The number of nitriles is 1. The van der Waals surface area contributed by atoms with Crippen molar-refractivity contribution < 1.29 is 4.79 Å². The first-order valence-corrected chi connectivity index (χ1v) is 10.1. The number of carbonyl (C=O) groups is 1. The Hall–Kier alpha value is -3.34. The van der Waals surface area contributed by atoms with E-state index in [4.69, 9.17) is 0 Å². The van der Waals surface area contributed by atoms with E-state index in [1.807, 2.05) is 60.0 Å². The Bertz CT molecular complexity index is 1180. The molecule has 0 radical (unpaired) electrons. The Morgan fingerprint density at radius 1 is 1.11 bits per heavy atom. The number of para-hydroxylation sites is 2. The number of allylic oxidation sites excluding steroid dienone is 1. The number of hydrogen-bond donors (Lipinski definition) is 0. The van der Waals surface area contributed by atoms with Crippen LogP contribution in [0.5, 0.6) is 0 Å². The summed E-state index contributed by atoms with van der Waals surface area (Å²) in [6.07, 6.45) is 1.71. The minimum atomic E-state index is -0.122. The van der Waals surface area contributed by atoms with Crippen molar-refractivity contribution >= 4 is 61.3 Å². The van der Waals surface area contributed by atoms with Crippen molar-refractivity contribution in [3.63, 3.8) is 0 Å². The first-order chi connectivity index (χ1) is 13.7. The van der Waals surface area contributed by atoms with E-state index in [-0.39, 0.29) is 5.91 Å². The molecular formula is C21H14N4OS2. The van der Waals surface area contributed by atoms with Gasteiger partial charge in [-0.2, -0.15) is 5.26 Å². The van der Waals surface area contributed by atoms with Crippen LogP contribution >= 0.6 is 22.7 Å². The Kier molecular flexibility index (Phi) is 4.98. The maximum Gasteiger partial charge on any atom is 0.230 e. The van der Waals surface area contributed by atoms with Gasteiger partial charge in [0.25, 0.3) is 0 Å². The second-order valence-corrected chi connectivity index (χ2v) is 7.77. The lowest BCUT2D eigenvalue weighted by Gasteiger charge is -2.17. The molecule has 7 heteroatoms. The first kappa shape index (κ1) is 18.0. The molecule has 0 unspecified atom stereocenters. The molecule has 0 bridgehead atoms. The highest BCUT2D eigenvalue weighted by Crippen LogP contribution is 2.31. The number of nitrogens with zero attached hydrogens (tertiary/aromatic N) is 4. The van der Waals surface area contributed by atoms with E-state index >= 15 is 0 Å². The molecule has 4 aromatic rings. The van der Waals surface area contributed by atoms with Crippen LogP contribution in [0.1, 0.15) is 17.6 Å². The molecule has 2 heterocycles. The van der Waals surface area contributed by atoms with E-state index in [0.717, 1.165) is 15.9 Å². The Morgan fingerprint density at radius 3 is 2.57 bits per heavy atom. The lowest BCUT2D eigenvalue weighted by Crippen LogP contribution is -2.22. The number of benzene rings is 2. The molecule has 1 amide bonds. The van der Waals surface area contributed by atoms with Gasteiger partial charge in [-0.25, -0.2) is 9.97 Å². The predicted octanol–water partition coefficient (Wildman–Crippen LogP) is 5.50. The maximum atomic E-state index is 12.2. The smallest absolute Gasteiger partial charge is 0.230 e. The molecular weight excluding hydrogens is 388 g/mol. The van der Waals surface area contributed by atoms with E-state index in [0.29, 0.717) is 21.4 Å². The van der Waals surface area contributed by atoms with E-state index in [9.17, 15) is 10.1 Å². The van der Waals surface area contributed by atoms with Crippen LogP contribution in [0.15, 0.2) is 60.0 Å². The summed E-state index contributed by atoms with van der Waals surface area (Å²) in [5, 5.41) is 12.7. The summed E-state index contributed by atoms with van der Waals surface area (Å²) in [6.45, 7) is 1.51. The highest BCUT2D eigenvalue weighted by molar-refractivity contribution is 7.19. The number of anilines is 2. The molecule has 2 aromatic heterocycles. The summed E-state index contributed by atoms with van der Waals surface area (Å²) < 4.78 is 1.03. The molecule has 0 N–H and O–H groups in total. The third-order valence-corrected chi connectivity index (χ3v) is 5.88. The lowest BCUT2D eigenvalue weighted by molar-refractivity contribution is -0.115. The SMILES string of the molecule is CC(=O)N(c1ccccc1)c1nc(C=C(C#N)c2nc3ccccc3s2)cs1. The van der Waals surface area contributed by atoms with Gasteiger partial charge in [0, 0.05) is 12.3 Å². The van der Waals surface area contributed by atoms with Crippen molar-refractivity contribution in [3.05, 3.63) is 70.7 Å². The van der Waals surface area contributed by atoms with Gasteiger partial charge in [-0.3, -0.25) is 9.69 Å². The molecule has 0 spiro atoms. The number of carbonyl (C=O) groups excluding carboxylic acids is 1. The monoisotopic (exact) mass is 402 g/mol. The largest absolute Gasteiger partial charge is 0.274 e. The standard InChI is InChI=1S/C21H14N4OS2/c1-14(26)25(17-7-3-2-4-8-17)21-23-16(13-27-21)11-15(12-22)20-24-18-9-5-6-10-19(18)28-20/h2-11,13H,1H3. The second kappa shape index (κ2) is 7.72. The van der Waals surface area contributed by atoms with Gasteiger partial charge in [0.2, 0.25) is 5.91 Å². The van der Waals surface area contributed by atoms with E-state index in [2.05, 4.69) is 16.0 Å².